The van der Waals surface area contributed by atoms with Crippen molar-refractivity contribution in [3.8, 4) is 0 Å². The third-order valence-electron chi connectivity index (χ3n) is 5.36. The molecular weight excluding hydrogens is 312 g/mol. The van der Waals surface area contributed by atoms with E-state index in [0.717, 1.165) is 5.57 Å². The van der Waals surface area contributed by atoms with Crippen molar-refractivity contribution in [2.45, 2.75) is 51.6 Å². The van der Waals surface area contributed by atoms with E-state index in [4.69, 9.17) is 13.9 Å². The predicted molar refractivity (Wildman–Crippen MR) is 90.0 cm³/mol. The standard InChI is InChI=1S/C17H28O5Si/c1-17(2,3)23(5,6)22-9-11-7-8-12-13(15(18)20-4)10-21-16(19)14(11)12/h7,10,12,14,16,19H,8-9H2,1-6H3. The molecule has 2 rings (SSSR count). The minimum atomic E-state index is -1.87. The maximum Gasteiger partial charge on any atom is 0.337 e. The van der Waals surface area contributed by atoms with Gasteiger partial charge in [0.25, 0.3) is 0 Å². The lowest BCUT2D eigenvalue weighted by Crippen LogP contribution is -2.42. The van der Waals surface area contributed by atoms with Gasteiger partial charge in [-0.3, -0.25) is 0 Å². The molecule has 1 aliphatic heterocycles. The van der Waals surface area contributed by atoms with Crippen molar-refractivity contribution in [2.24, 2.45) is 11.8 Å². The second-order valence-electron chi connectivity index (χ2n) is 7.79. The summed E-state index contributed by atoms with van der Waals surface area (Å²) in [5.74, 6) is -0.727. The number of methoxy groups -OCH3 is 1. The van der Waals surface area contributed by atoms with E-state index < -0.39 is 20.6 Å². The van der Waals surface area contributed by atoms with Crippen molar-refractivity contribution in [1.29, 1.82) is 0 Å². The fourth-order valence-corrected chi connectivity index (χ4v) is 3.75. The van der Waals surface area contributed by atoms with Crippen molar-refractivity contribution in [3.05, 3.63) is 23.5 Å². The van der Waals surface area contributed by atoms with E-state index in [9.17, 15) is 9.90 Å². The lowest BCUT2D eigenvalue weighted by atomic mass is 9.83. The van der Waals surface area contributed by atoms with Gasteiger partial charge in [-0.2, -0.15) is 0 Å². The van der Waals surface area contributed by atoms with E-state index in [0.29, 0.717) is 18.6 Å². The monoisotopic (exact) mass is 340 g/mol. The van der Waals surface area contributed by atoms with Crippen molar-refractivity contribution in [3.63, 3.8) is 0 Å². The Morgan fingerprint density at radius 1 is 1.43 bits per heavy atom. The number of fused-ring (bicyclic) bond motifs is 1. The first-order valence-corrected chi connectivity index (χ1v) is 10.9. The number of hydrogen-bond acceptors (Lipinski definition) is 5. The van der Waals surface area contributed by atoms with Gasteiger partial charge in [-0.15, -0.1) is 0 Å². The van der Waals surface area contributed by atoms with Gasteiger partial charge < -0.3 is 19.0 Å². The molecule has 1 N–H and O–H groups in total. The van der Waals surface area contributed by atoms with Gasteiger partial charge in [-0.25, -0.2) is 4.79 Å². The Hall–Kier alpha value is -1.11. The summed E-state index contributed by atoms with van der Waals surface area (Å²) in [4.78, 5) is 11.9. The van der Waals surface area contributed by atoms with Crippen LogP contribution in [0.5, 0.6) is 0 Å². The van der Waals surface area contributed by atoms with E-state index >= 15 is 0 Å². The highest BCUT2D eigenvalue weighted by Gasteiger charge is 2.45. The highest BCUT2D eigenvalue weighted by molar-refractivity contribution is 6.74. The number of carbonyl (C=O) groups excluding carboxylic acids is 1. The van der Waals surface area contributed by atoms with E-state index in [2.05, 4.69) is 39.9 Å². The van der Waals surface area contributed by atoms with Crippen LogP contribution in [0, 0.1) is 11.8 Å². The maximum absolute atomic E-state index is 11.9. The fraction of sp³-hybridized carbons (Fsp3) is 0.706. The molecule has 0 radical (unpaired) electrons. The van der Waals surface area contributed by atoms with E-state index in [1.54, 1.807) is 0 Å². The molecule has 130 valence electrons. The quantitative estimate of drug-likeness (QED) is 0.484. The van der Waals surface area contributed by atoms with Gasteiger partial charge in [0.15, 0.2) is 8.32 Å². The largest absolute Gasteiger partial charge is 0.472 e. The molecule has 0 spiro atoms. The third kappa shape index (κ3) is 3.54. The molecule has 2 aliphatic rings. The summed E-state index contributed by atoms with van der Waals surface area (Å²) < 4.78 is 16.3. The van der Waals surface area contributed by atoms with Crippen LogP contribution in [0.15, 0.2) is 23.5 Å². The molecule has 1 aliphatic carbocycles. The summed E-state index contributed by atoms with van der Waals surface area (Å²) in [5, 5.41) is 10.3. The summed E-state index contributed by atoms with van der Waals surface area (Å²) in [7, 11) is -0.512. The Balaban J connectivity index is 2.10. The van der Waals surface area contributed by atoms with Crippen LogP contribution >= 0.6 is 0 Å². The van der Waals surface area contributed by atoms with Gasteiger partial charge in [0, 0.05) is 5.92 Å². The van der Waals surface area contributed by atoms with E-state index in [1.165, 1.54) is 13.4 Å². The molecule has 0 saturated carbocycles. The normalized spacial score (nSPS) is 27.7. The van der Waals surface area contributed by atoms with E-state index in [1.807, 2.05) is 0 Å². The topological polar surface area (TPSA) is 65.0 Å². The number of esters is 1. The number of carbonyl (C=O) groups is 1. The Morgan fingerprint density at radius 2 is 2.09 bits per heavy atom. The second-order valence-corrected chi connectivity index (χ2v) is 12.6. The summed E-state index contributed by atoms with van der Waals surface area (Å²) in [6, 6.07) is 0. The number of hydrogen-bond donors (Lipinski definition) is 1. The number of ether oxygens (including phenoxy) is 2. The van der Waals surface area contributed by atoms with Gasteiger partial charge in [0.05, 0.1) is 31.5 Å². The minimum absolute atomic E-state index is 0.0933. The fourth-order valence-electron chi connectivity index (χ4n) is 2.79. The first kappa shape index (κ1) is 18.2. The van der Waals surface area contributed by atoms with Crippen molar-refractivity contribution >= 4 is 14.3 Å². The molecule has 23 heavy (non-hydrogen) atoms. The summed E-state index contributed by atoms with van der Waals surface area (Å²) >= 11 is 0. The molecule has 0 aromatic rings. The minimum Gasteiger partial charge on any atom is -0.472 e. The first-order valence-electron chi connectivity index (χ1n) is 8.03. The van der Waals surface area contributed by atoms with Crippen LogP contribution in [-0.2, 0) is 18.7 Å². The SMILES string of the molecule is COC(=O)C1=COC(O)C2C(CO[Si](C)(C)C(C)(C)C)=CCC12. The molecule has 3 unspecified atom stereocenters. The third-order valence-corrected chi connectivity index (χ3v) is 9.84. The smallest absolute Gasteiger partial charge is 0.337 e. The number of rotatable bonds is 4. The molecule has 6 heteroatoms. The molecule has 0 amide bonds. The zero-order valence-electron chi connectivity index (χ0n) is 14.9. The van der Waals surface area contributed by atoms with Crippen LogP contribution in [0.2, 0.25) is 18.1 Å². The molecule has 1 heterocycles. The predicted octanol–water partition coefficient (Wildman–Crippen LogP) is 2.98. The average molecular weight is 340 g/mol. The Bertz CT molecular complexity index is 530. The zero-order valence-corrected chi connectivity index (χ0v) is 15.9. The van der Waals surface area contributed by atoms with Crippen LogP contribution in [0.3, 0.4) is 0 Å². The molecule has 3 atom stereocenters. The van der Waals surface area contributed by atoms with Crippen LogP contribution in [-0.4, -0.2) is 39.4 Å². The molecule has 0 fully saturated rings. The van der Waals surface area contributed by atoms with Crippen LogP contribution in [0.1, 0.15) is 27.2 Å². The van der Waals surface area contributed by atoms with Crippen molar-refractivity contribution < 1.29 is 23.8 Å². The van der Waals surface area contributed by atoms with Crippen LogP contribution < -0.4 is 0 Å². The average Bonchev–Trinajstić information content (AvgIpc) is 2.88. The Kier molecular flexibility index (Phi) is 5.08. The van der Waals surface area contributed by atoms with Crippen molar-refractivity contribution in [1.82, 2.24) is 0 Å². The lowest BCUT2D eigenvalue weighted by molar-refractivity contribution is -0.141. The van der Waals surface area contributed by atoms with Gasteiger partial charge >= 0.3 is 5.97 Å². The van der Waals surface area contributed by atoms with E-state index in [-0.39, 0.29) is 16.9 Å². The second kappa shape index (κ2) is 6.41. The zero-order chi connectivity index (χ0) is 17.4. The summed E-state index contributed by atoms with van der Waals surface area (Å²) in [6.45, 7) is 11.5. The van der Waals surface area contributed by atoms with Gasteiger partial charge in [-0.1, -0.05) is 26.8 Å². The van der Waals surface area contributed by atoms with Gasteiger partial charge in [-0.05, 0) is 30.1 Å². The molecule has 5 nitrogen and oxygen atoms in total. The highest BCUT2D eigenvalue weighted by Crippen LogP contribution is 2.44. The number of aliphatic hydroxyl groups excluding tert-OH is 1. The highest BCUT2D eigenvalue weighted by atomic mass is 28.4. The molecule has 0 bridgehead atoms. The van der Waals surface area contributed by atoms with Crippen LogP contribution in [0.25, 0.3) is 0 Å². The first-order chi connectivity index (χ1) is 10.6. The van der Waals surface area contributed by atoms with Crippen LogP contribution in [0.4, 0.5) is 0 Å². The van der Waals surface area contributed by atoms with Gasteiger partial charge in [0.1, 0.15) is 0 Å². The van der Waals surface area contributed by atoms with Crippen molar-refractivity contribution in [2.75, 3.05) is 13.7 Å². The number of allylic oxidation sites excluding steroid dienone is 1. The Morgan fingerprint density at radius 3 is 2.65 bits per heavy atom. The van der Waals surface area contributed by atoms with Gasteiger partial charge in [0.2, 0.25) is 6.29 Å². The lowest BCUT2D eigenvalue weighted by Gasteiger charge is -2.37. The molecular formula is C17H28O5Si. The molecule has 0 aromatic heterocycles. The number of aliphatic hydroxyl groups is 1. The molecule has 0 saturated heterocycles. The summed E-state index contributed by atoms with van der Waals surface area (Å²) in [5.41, 5.74) is 1.50. The Labute approximate surface area is 139 Å². The molecule has 0 aromatic carbocycles. The summed E-state index contributed by atoms with van der Waals surface area (Å²) in [6.07, 6.45) is 3.16. The maximum atomic E-state index is 11.9.